The predicted molar refractivity (Wildman–Crippen MR) is 130 cm³/mol. The third-order valence-electron chi connectivity index (χ3n) is 6.00. The monoisotopic (exact) mass is 537 g/mol. The van der Waals surface area contributed by atoms with Crippen LogP contribution in [0.2, 0.25) is 0 Å². The SMILES string of the molecule is C=C(F)C(=NCC(NC(=O)[C@@H]1C[C@@H](F)[C@H](C)N1C(=O)OC(C)(C)C)N(C)C(=NCC)C(F)(F)F)C1CC1. The Labute approximate surface area is 214 Å². The quantitative estimate of drug-likeness (QED) is 0.215. The van der Waals surface area contributed by atoms with E-state index in [1.54, 1.807) is 20.8 Å². The molecule has 1 heterocycles. The molecule has 2 aliphatic rings. The molecule has 0 bridgehead atoms. The maximum atomic E-state index is 14.6. The number of carbonyl (C=O) groups excluding carboxylic acids is 2. The summed E-state index contributed by atoms with van der Waals surface area (Å²) < 4.78 is 75.0. The molecule has 0 aromatic heterocycles. The molecule has 8 nitrogen and oxygen atoms in total. The first-order valence-electron chi connectivity index (χ1n) is 12.2. The average Bonchev–Trinajstić information content (AvgIpc) is 3.53. The molecule has 0 radical (unpaired) electrons. The van der Waals surface area contributed by atoms with Crippen molar-refractivity contribution in [2.24, 2.45) is 15.9 Å². The molecule has 13 heteroatoms. The lowest BCUT2D eigenvalue weighted by Gasteiger charge is -2.34. The van der Waals surface area contributed by atoms with Crippen LogP contribution in [0.5, 0.6) is 0 Å². The number of amidine groups is 1. The summed E-state index contributed by atoms with van der Waals surface area (Å²) in [6.45, 7) is 10.3. The van der Waals surface area contributed by atoms with Gasteiger partial charge in [0.1, 0.15) is 29.8 Å². The molecule has 1 aliphatic heterocycles. The van der Waals surface area contributed by atoms with Gasteiger partial charge in [-0.1, -0.05) is 6.58 Å². The topological polar surface area (TPSA) is 86.6 Å². The van der Waals surface area contributed by atoms with Crippen molar-refractivity contribution < 1.29 is 36.3 Å². The second-order valence-electron chi connectivity index (χ2n) is 10.2. The lowest BCUT2D eigenvalue weighted by atomic mass is 10.1. The van der Waals surface area contributed by atoms with Gasteiger partial charge in [0.05, 0.1) is 18.3 Å². The van der Waals surface area contributed by atoms with Gasteiger partial charge in [0, 0.05) is 25.9 Å². The molecular formula is C24H36F5N5O3. The summed E-state index contributed by atoms with van der Waals surface area (Å²) in [5.41, 5.74) is -0.891. The maximum Gasteiger partial charge on any atom is 0.449 e. The fourth-order valence-corrected chi connectivity index (χ4v) is 4.03. The van der Waals surface area contributed by atoms with Gasteiger partial charge in [-0.2, -0.15) is 13.2 Å². The lowest BCUT2D eigenvalue weighted by Crippen LogP contribution is -2.58. The molecule has 0 aromatic carbocycles. The van der Waals surface area contributed by atoms with Crippen molar-refractivity contribution in [1.82, 2.24) is 15.1 Å². The van der Waals surface area contributed by atoms with Crippen LogP contribution in [0.15, 0.2) is 22.4 Å². The molecule has 210 valence electrons. The number of carbonyl (C=O) groups is 2. The molecule has 1 unspecified atom stereocenters. The summed E-state index contributed by atoms with van der Waals surface area (Å²) in [5, 5.41) is 2.44. The van der Waals surface area contributed by atoms with Crippen LogP contribution in [0.25, 0.3) is 0 Å². The van der Waals surface area contributed by atoms with E-state index in [4.69, 9.17) is 4.74 Å². The Kier molecular flexibility index (Phi) is 9.69. The minimum absolute atomic E-state index is 0.0299. The number of ether oxygens (including phenoxy) is 1. The van der Waals surface area contributed by atoms with Crippen LogP contribution in [-0.4, -0.2) is 89.7 Å². The summed E-state index contributed by atoms with van der Waals surface area (Å²) in [7, 11) is 1.07. The number of hydrogen-bond donors (Lipinski definition) is 1. The summed E-state index contributed by atoms with van der Waals surface area (Å²) in [4.78, 5) is 35.3. The van der Waals surface area contributed by atoms with Gasteiger partial charge in [0.2, 0.25) is 11.7 Å². The van der Waals surface area contributed by atoms with Crippen molar-refractivity contribution in [3.8, 4) is 0 Å². The molecule has 2 amide bonds. The number of amides is 2. The van der Waals surface area contributed by atoms with Gasteiger partial charge < -0.3 is 15.0 Å². The van der Waals surface area contributed by atoms with Gasteiger partial charge in [-0.3, -0.25) is 19.7 Å². The van der Waals surface area contributed by atoms with E-state index in [9.17, 15) is 31.5 Å². The van der Waals surface area contributed by atoms with Gasteiger partial charge in [-0.05, 0) is 47.5 Å². The summed E-state index contributed by atoms with van der Waals surface area (Å²) in [6, 6.07) is -2.33. The Bertz CT molecular complexity index is 927. The molecular weight excluding hydrogens is 501 g/mol. The number of nitrogens with zero attached hydrogens (tertiary/aromatic N) is 4. The number of aliphatic imine (C=N–C) groups is 2. The normalized spacial score (nSPS) is 24.1. The molecule has 1 saturated carbocycles. The predicted octanol–water partition coefficient (Wildman–Crippen LogP) is 4.41. The highest BCUT2D eigenvalue weighted by Crippen LogP contribution is 2.34. The van der Waals surface area contributed by atoms with Crippen LogP contribution >= 0.6 is 0 Å². The number of hydrogen-bond acceptors (Lipinski definition) is 5. The van der Waals surface area contributed by atoms with Gasteiger partial charge in [0.15, 0.2) is 0 Å². The van der Waals surface area contributed by atoms with E-state index < -0.39 is 66.4 Å². The van der Waals surface area contributed by atoms with E-state index in [0.717, 1.165) is 11.9 Å². The minimum Gasteiger partial charge on any atom is -0.444 e. The smallest absolute Gasteiger partial charge is 0.444 e. The van der Waals surface area contributed by atoms with Crippen molar-refractivity contribution >= 4 is 23.5 Å². The summed E-state index contributed by atoms with van der Waals surface area (Å²) in [6.07, 6.45) is -7.78. The molecule has 4 atom stereocenters. The van der Waals surface area contributed by atoms with Gasteiger partial charge in [-0.25, -0.2) is 13.6 Å². The lowest BCUT2D eigenvalue weighted by molar-refractivity contribution is -0.127. The second-order valence-corrected chi connectivity index (χ2v) is 10.2. The number of rotatable bonds is 8. The van der Waals surface area contributed by atoms with Crippen molar-refractivity contribution in [2.75, 3.05) is 20.1 Å². The van der Waals surface area contributed by atoms with Crippen LogP contribution in [0.3, 0.4) is 0 Å². The van der Waals surface area contributed by atoms with Crippen molar-refractivity contribution in [1.29, 1.82) is 0 Å². The van der Waals surface area contributed by atoms with Crippen LogP contribution in [-0.2, 0) is 9.53 Å². The van der Waals surface area contributed by atoms with E-state index in [-0.39, 0.29) is 24.6 Å². The van der Waals surface area contributed by atoms with Crippen molar-refractivity contribution in [2.45, 2.75) is 90.1 Å². The third kappa shape index (κ3) is 8.13. The second kappa shape index (κ2) is 11.8. The summed E-state index contributed by atoms with van der Waals surface area (Å²) in [5.74, 6) is -3.14. The van der Waals surface area contributed by atoms with Crippen molar-refractivity contribution in [3.63, 3.8) is 0 Å². The van der Waals surface area contributed by atoms with E-state index in [1.807, 2.05) is 0 Å². The van der Waals surface area contributed by atoms with Crippen molar-refractivity contribution in [3.05, 3.63) is 12.4 Å². The molecule has 0 aromatic rings. The first-order chi connectivity index (χ1) is 17.0. The van der Waals surface area contributed by atoms with Crippen LogP contribution in [0, 0.1) is 5.92 Å². The van der Waals surface area contributed by atoms with E-state index >= 15 is 0 Å². The minimum atomic E-state index is -4.85. The highest BCUT2D eigenvalue weighted by Gasteiger charge is 2.48. The molecule has 37 heavy (non-hydrogen) atoms. The standard InChI is InChI=1S/C24H36F5N5O3/c1-8-30-21(24(27,28)29)33(7)18(12-31-19(13(2)25)15-9-10-15)32-20(35)17-11-16(26)14(3)34(17)22(36)37-23(4,5)6/h14-18H,2,8-12H2,1,3-7H3,(H,32,35)/t14-,16+,17-,18?/m0/s1. The molecule has 1 saturated heterocycles. The Hall–Kier alpha value is -2.73. The third-order valence-corrected chi connectivity index (χ3v) is 6.00. The number of allylic oxidation sites excluding steroid dienone is 1. The van der Waals surface area contributed by atoms with Crippen LogP contribution in [0.4, 0.5) is 26.7 Å². The zero-order chi connectivity index (χ0) is 28.3. The Balaban J connectivity index is 2.37. The fraction of sp³-hybridized carbons (Fsp3) is 0.750. The highest BCUT2D eigenvalue weighted by atomic mass is 19.4. The summed E-state index contributed by atoms with van der Waals surface area (Å²) >= 11 is 0. The van der Waals surface area contributed by atoms with E-state index in [1.165, 1.54) is 13.8 Å². The molecule has 2 fully saturated rings. The molecule has 1 aliphatic carbocycles. The molecule has 2 rings (SSSR count). The molecule has 1 N–H and O–H groups in total. The average molecular weight is 538 g/mol. The number of halogens is 5. The highest BCUT2D eigenvalue weighted by molar-refractivity contribution is 6.01. The number of likely N-dealkylation sites (N-methyl/N-ethyl adjacent to an activating group) is 1. The first kappa shape index (κ1) is 30.5. The molecule has 0 spiro atoms. The zero-order valence-electron chi connectivity index (χ0n) is 22.0. The van der Waals surface area contributed by atoms with E-state index in [2.05, 4.69) is 21.9 Å². The Morgan fingerprint density at radius 3 is 2.27 bits per heavy atom. The zero-order valence-corrected chi connectivity index (χ0v) is 22.0. The van der Waals surface area contributed by atoms with Gasteiger partial charge in [-0.15, -0.1) is 0 Å². The fourth-order valence-electron chi connectivity index (χ4n) is 4.03. The Morgan fingerprint density at radius 2 is 1.81 bits per heavy atom. The van der Waals surface area contributed by atoms with Crippen LogP contribution < -0.4 is 5.32 Å². The number of alkyl halides is 4. The first-order valence-corrected chi connectivity index (χ1v) is 12.2. The van der Waals surface area contributed by atoms with E-state index in [0.29, 0.717) is 17.7 Å². The maximum absolute atomic E-state index is 14.6. The van der Waals surface area contributed by atoms with Gasteiger partial charge in [0.25, 0.3) is 0 Å². The largest absolute Gasteiger partial charge is 0.449 e. The van der Waals surface area contributed by atoms with Gasteiger partial charge >= 0.3 is 12.3 Å². The van der Waals surface area contributed by atoms with Crippen LogP contribution in [0.1, 0.15) is 53.9 Å². The Morgan fingerprint density at radius 1 is 1.22 bits per heavy atom. The number of likely N-dealkylation sites (tertiary alicyclic amines) is 1. The number of nitrogens with one attached hydrogen (secondary N) is 1.